The number of anilines is 6. The number of carboxylic acid groups (broad SMARTS) is 2. The van der Waals surface area contributed by atoms with Gasteiger partial charge in [0.15, 0.2) is 0 Å². The fourth-order valence-electron chi connectivity index (χ4n) is 10.6. The number of unbranched alkanes of at least 4 members (excludes halogenated alkanes) is 10. The molecule has 6 nitrogen and oxygen atoms in total. The number of benzene rings is 7. The third-order valence-corrected chi connectivity index (χ3v) is 14.2. The van der Waals surface area contributed by atoms with E-state index in [9.17, 15) is 19.8 Å². The highest BCUT2D eigenvalue weighted by Gasteiger charge is 2.42. The van der Waals surface area contributed by atoms with Crippen molar-refractivity contribution in [2.75, 3.05) is 9.80 Å². The quantitative estimate of drug-likeness (QED) is 0.0622. The van der Waals surface area contributed by atoms with E-state index in [0.29, 0.717) is 0 Å². The molecule has 0 unspecified atom stereocenters. The Labute approximate surface area is 410 Å². The van der Waals surface area contributed by atoms with E-state index in [2.05, 4.69) is 86.3 Å². The monoisotopic (exact) mass is 917 g/mol. The van der Waals surface area contributed by atoms with Crippen LogP contribution in [0.3, 0.4) is 0 Å². The minimum atomic E-state index is -0.988. The highest BCUT2D eigenvalue weighted by Crippen LogP contribution is 2.55. The fourth-order valence-corrected chi connectivity index (χ4v) is 10.6. The topological polar surface area (TPSA) is 81.1 Å². The lowest BCUT2D eigenvalue weighted by molar-refractivity contribution is 0.0686. The van der Waals surface area contributed by atoms with Crippen molar-refractivity contribution in [2.45, 2.75) is 123 Å². The average molecular weight is 917 g/mol. The van der Waals surface area contributed by atoms with Gasteiger partial charge in [0.1, 0.15) is 0 Å². The van der Waals surface area contributed by atoms with Crippen LogP contribution >= 0.6 is 0 Å². The summed E-state index contributed by atoms with van der Waals surface area (Å²) in [5.41, 5.74) is 15.9. The molecule has 0 spiro atoms. The van der Waals surface area contributed by atoms with Crippen molar-refractivity contribution in [1.82, 2.24) is 0 Å². The Bertz CT molecular complexity index is 2830. The number of carbonyl (C=O) groups is 2. The summed E-state index contributed by atoms with van der Waals surface area (Å²) in [5.74, 6) is -1.98. The molecule has 7 aromatic carbocycles. The summed E-state index contributed by atoms with van der Waals surface area (Å²) in [5, 5.41) is 19.9. The smallest absolute Gasteiger partial charge is 0.335 e. The average Bonchev–Trinajstić information content (AvgIpc) is 3.62. The number of hydrogen-bond donors (Lipinski definition) is 2. The standard InChI is InChI=1S/C63H68N2O4/c1-5-7-9-11-13-15-39-63(40-16-14-12-10-8-6-2)59-41-46(4)25-37-57(59)58-38-28-48(44-60(58)63)47-26-31-52(32-27-47)65(56-22-18-20-50(43-56)62(68)69)54-35-33-53(34-36-54)64(51-29-23-45(3)24-30-51)55-21-17-19-49(42-55)61(66)67/h17-38,41-44H,5-16,39-40H2,1-4H3,(H,66,67)(H,68,69). The zero-order chi connectivity index (χ0) is 48.3. The molecule has 0 saturated heterocycles. The van der Waals surface area contributed by atoms with Crippen molar-refractivity contribution in [3.8, 4) is 22.3 Å². The molecule has 0 aliphatic heterocycles. The summed E-state index contributed by atoms with van der Waals surface area (Å²) in [4.78, 5) is 28.5. The lowest BCUT2D eigenvalue weighted by atomic mass is 9.70. The van der Waals surface area contributed by atoms with Crippen LogP contribution in [0.5, 0.6) is 0 Å². The maximum Gasteiger partial charge on any atom is 0.335 e. The highest BCUT2D eigenvalue weighted by atomic mass is 16.4. The van der Waals surface area contributed by atoms with Gasteiger partial charge in [0, 0.05) is 39.5 Å². The van der Waals surface area contributed by atoms with Gasteiger partial charge in [0.25, 0.3) is 0 Å². The molecule has 0 atom stereocenters. The van der Waals surface area contributed by atoms with Crippen LogP contribution in [0.25, 0.3) is 22.3 Å². The molecule has 354 valence electrons. The van der Waals surface area contributed by atoms with Gasteiger partial charge in [0.2, 0.25) is 0 Å². The van der Waals surface area contributed by atoms with E-state index >= 15 is 0 Å². The molecule has 0 bridgehead atoms. The second-order valence-corrected chi connectivity index (χ2v) is 19.2. The number of aryl methyl sites for hydroxylation is 2. The van der Waals surface area contributed by atoms with Crippen molar-refractivity contribution in [3.05, 3.63) is 191 Å². The minimum Gasteiger partial charge on any atom is -0.478 e. The van der Waals surface area contributed by atoms with E-state index in [4.69, 9.17) is 0 Å². The molecule has 0 heterocycles. The molecule has 1 aliphatic rings. The maximum atomic E-state index is 12.3. The molecule has 69 heavy (non-hydrogen) atoms. The Morgan fingerprint density at radius 1 is 0.406 bits per heavy atom. The Morgan fingerprint density at radius 2 is 0.797 bits per heavy atom. The molecule has 7 aromatic rings. The van der Waals surface area contributed by atoms with Crippen LogP contribution in [-0.4, -0.2) is 22.2 Å². The zero-order valence-electron chi connectivity index (χ0n) is 41.0. The van der Waals surface area contributed by atoms with Gasteiger partial charge < -0.3 is 20.0 Å². The Morgan fingerprint density at radius 3 is 1.28 bits per heavy atom. The van der Waals surface area contributed by atoms with Crippen LogP contribution in [-0.2, 0) is 5.41 Å². The van der Waals surface area contributed by atoms with Gasteiger partial charge in [-0.2, -0.15) is 0 Å². The van der Waals surface area contributed by atoms with Crippen LogP contribution in [0.2, 0.25) is 0 Å². The number of hydrogen-bond acceptors (Lipinski definition) is 4. The molecule has 0 fully saturated rings. The third-order valence-electron chi connectivity index (χ3n) is 14.2. The van der Waals surface area contributed by atoms with E-state index in [-0.39, 0.29) is 16.5 Å². The molecule has 1 aliphatic carbocycles. The molecular formula is C63H68N2O4. The lowest BCUT2D eigenvalue weighted by Crippen LogP contribution is -2.25. The zero-order valence-corrected chi connectivity index (χ0v) is 41.0. The SMILES string of the molecule is CCCCCCCCC1(CCCCCCCC)c2cc(C)ccc2-c2ccc(-c3ccc(N(c4ccc(N(c5ccc(C)cc5)c5cccc(C(=O)O)c5)cc4)c4cccc(C(=O)O)c4)cc3)cc21. The normalized spacial score (nSPS) is 12.3. The Kier molecular flexibility index (Phi) is 15.8. The molecule has 0 radical (unpaired) electrons. The second-order valence-electron chi connectivity index (χ2n) is 19.2. The van der Waals surface area contributed by atoms with Gasteiger partial charge in [-0.3, -0.25) is 0 Å². The summed E-state index contributed by atoms with van der Waals surface area (Å²) in [6.45, 7) is 8.87. The van der Waals surface area contributed by atoms with Gasteiger partial charge in [-0.15, -0.1) is 0 Å². The van der Waals surface area contributed by atoms with E-state index in [0.717, 1.165) is 45.3 Å². The second kappa shape index (κ2) is 22.5. The van der Waals surface area contributed by atoms with Gasteiger partial charge in [-0.05, 0) is 151 Å². The van der Waals surface area contributed by atoms with Crippen molar-refractivity contribution in [2.24, 2.45) is 0 Å². The van der Waals surface area contributed by atoms with Crippen LogP contribution in [0.4, 0.5) is 34.1 Å². The number of carboxylic acids is 2. The number of fused-ring (bicyclic) bond motifs is 3. The van der Waals surface area contributed by atoms with E-state index in [1.807, 2.05) is 72.5 Å². The first-order chi connectivity index (χ1) is 33.6. The molecule has 8 rings (SSSR count). The van der Waals surface area contributed by atoms with E-state index < -0.39 is 11.9 Å². The maximum absolute atomic E-state index is 12.3. The first kappa shape index (κ1) is 48.5. The van der Waals surface area contributed by atoms with Crippen molar-refractivity contribution in [3.63, 3.8) is 0 Å². The summed E-state index contributed by atoms with van der Waals surface area (Å²) in [6, 6.07) is 53.3. The van der Waals surface area contributed by atoms with Gasteiger partial charge in [-0.25, -0.2) is 9.59 Å². The Hall–Kier alpha value is -6.92. The molecule has 0 aromatic heterocycles. The number of rotatable bonds is 23. The first-order valence-electron chi connectivity index (χ1n) is 25.4. The first-order valence-corrected chi connectivity index (χ1v) is 25.4. The third kappa shape index (κ3) is 11.0. The molecule has 0 amide bonds. The van der Waals surface area contributed by atoms with E-state index in [1.54, 1.807) is 36.4 Å². The van der Waals surface area contributed by atoms with Crippen LogP contribution in [0.1, 0.15) is 147 Å². The van der Waals surface area contributed by atoms with Gasteiger partial charge in [-0.1, -0.05) is 169 Å². The van der Waals surface area contributed by atoms with Crippen molar-refractivity contribution < 1.29 is 19.8 Å². The van der Waals surface area contributed by atoms with Crippen molar-refractivity contribution >= 4 is 46.1 Å². The molecular weight excluding hydrogens is 849 g/mol. The molecule has 2 N–H and O–H groups in total. The highest BCUT2D eigenvalue weighted by molar-refractivity contribution is 5.92. The van der Waals surface area contributed by atoms with Gasteiger partial charge in [0.05, 0.1) is 11.1 Å². The summed E-state index contributed by atoms with van der Waals surface area (Å²) in [7, 11) is 0. The number of aromatic carboxylic acids is 2. The summed E-state index contributed by atoms with van der Waals surface area (Å²) >= 11 is 0. The minimum absolute atomic E-state index is 0.0195. The van der Waals surface area contributed by atoms with Crippen LogP contribution < -0.4 is 9.80 Å². The van der Waals surface area contributed by atoms with Crippen molar-refractivity contribution in [1.29, 1.82) is 0 Å². The lowest BCUT2D eigenvalue weighted by Gasteiger charge is -2.33. The van der Waals surface area contributed by atoms with Crippen LogP contribution in [0.15, 0.2) is 158 Å². The predicted octanol–water partition coefficient (Wildman–Crippen LogP) is 18.1. The van der Waals surface area contributed by atoms with E-state index in [1.165, 1.54) is 123 Å². The summed E-state index contributed by atoms with van der Waals surface area (Å²) < 4.78 is 0. The molecule has 0 saturated carbocycles. The Balaban J connectivity index is 1.15. The predicted molar refractivity (Wildman–Crippen MR) is 287 cm³/mol. The molecule has 6 heteroatoms. The largest absolute Gasteiger partial charge is 0.478 e. The number of nitrogens with zero attached hydrogens (tertiary/aromatic N) is 2. The van der Waals surface area contributed by atoms with Gasteiger partial charge >= 0.3 is 11.9 Å². The summed E-state index contributed by atoms with van der Waals surface area (Å²) in [6.07, 6.45) is 17.7. The fraction of sp³-hybridized carbons (Fsp3) is 0.302. The van der Waals surface area contributed by atoms with Crippen LogP contribution in [0, 0.1) is 13.8 Å².